The molecule has 0 aromatic carbocycles. The number of amides is 1. The van der Waals surface area contributed by atoms with Crippen LogP contribution in [0.25, 0.3) is 0 Å². The summed E-state index contributed by atoms with van der Waals surface area (Å²) in [5.74, 6) is 0.191. The maximum absolute atomic E-state index is 12.9. The van der Waals surface area contributed by atoms with Gasteiger partial charge in [0.1, 0.15) is 6.54 Å². The molecule has 3 rings (SSSR count). The quantitative estimate of drug-likeness (QED) is 0.768. The lowest BCUT2D eigenvalue weighted by atomic mass is 9.97. The van der Waals surface area contributed by atoms with E-state index in [4.69, 9.17) is 0 Å². The van der Waals surface area contributed by atoms with Gasteiger partial charge in [0.25, 0.3) is 5.56 Å². The minimum Gasteiger partial charge on any atom is -0.353 e. The zero-order valence-corrected chi connectivity index (χ0v) is 16.9. The Morgan fingerprint density at radius 2 is 2.00 bits per heavy atom. The van der Waals surface area contributed by atoms with Gasteiger partial charge < -0.3 is 9.88 Å². The third kappa shape index (κ3) is 5.70. The Hall–Kier alpha value is -2.13. The second kappa shape index (κ2) is 9.13. The van der Waals surface area contributed by atoms with E-state index < -0.39 is 29.8 Å². The standard InChI is InChI=1S/C20H24F3N3O2S/c1-14-6-8-25(9-7-14)16(17-3-2-10-29-17)11-24-18(27)13-26-12-15(20(21,22)23)4-5-19(26)28/h2-5,10,12,14,16H,6-9,11,13H2,1H3,(H,24,27). The zero-order valence-electron chi connectivity index (χ0n) is 16.1. The lowest BCUT2D eigenvalue weighted by Gasteiger charge is -2.36. The number of pyridine rings is 1. The van der Waals surface area contributed by atoms with Crippen LogP contribution in [0.5, 0.6) is 0 Å². The maximum atomic E-state index is 12.9. The maximum Gasteiger partial charge on any atom is 0.417 e. The second-order valence-corrected chi connectivity index (χ2v) is 8.41. The molecule has 1 fully saturated rings. The number of nitrogens with one attached hydrogen (secondary N) is 1. The molecule has 3 heterocycles. The molecule has 1 N–H and O–H groups in total. The first-order chi connectivity index (χ1) is 13.7. The van der Waals surface area contributed by atoms with Crippen LogP contribution in [0, 0.1) is 5.92 Å². The normalized spacial score (nSPS) is 17.2. The molecule has 29 heavy (non-hydrogen) atoms. The summed E-state index contributed by atoms with van der Waals surface area (Å²) in [6, 6.07) is 5.56. The van der Waals surface area contributed by atoms with Gasteiger partial charge in [-0.15, -0.1) is 11.3 Å². The first-order valence-electron chi connectivity index (χ1n) is 9.56. The Balaban J connectivity index is 1.66. The molecule has 5 nitrogen and oxygen atoms in total. The number of hydrogen-bond acceptors (Lipinski definition) is 4. The van der Waals surface area contributed by atoms with E-state index in [1.54, 1.807) is 11.3 Å². The Morgan fingerprint density at radius 1 is 1.28 bits per heavy atom. The van der Waals surface area contributed by atoms with Crippen LogP contribution in [0.3, 0.4) is 0 Å². The van der Waals surface area contributed by atoms with Crippen molar-refractivity contribution in [2.45, 2.75) is 38.5 Å². The highest BCUT2D eigenvalue weighted by atomic mass is 32.1. The van der Waals surface area contributed by atoms with Crippen LogP contribution >= 0.6 is 11.3 Å². The molecule has 1 atom stereocenters. The minimum absolute atomic E-state index is 0.0182. The molecule has 2 aromatic heterocycles. The highest BCUT2D eigenvalue weighted by Gasteiger charge is 2.31. The van der Waals surface area contributed by atoms with Gasteiger partial charge in [-0.25, -0.2) is 0 Å². The third-order valence-corrected chi connectivity index (χ3v) is 6.22. The van der Waals surface area contributed by atoms with Gasteiger partial charge in [-0.1, -0.05) is 13.0 Å². The van der Waals surface area contributed by atoms with Crippen molar-refractivity contribution in [1.82, 2.24) is 14.8 Å². The number of piperidine rings is 1. The summed E-state index contributed by atoms with van der Waals surface area (Å²) in [5.41, 5.74) is -1.60. The van der Waals surface area contributed by atoms with Crippen molar-refractivity contribution in [3.63, 3.8) is 0 Å². The van der Waals surface area contributed by atoms with E-state index in [9.17, 15) is 22.8 Å². The van der Waals surface area contributed by atoms with Crippen molar-refractivity contribution in [3.05, 3.63) is 56.6 Å². The molecular formula is C20H24F3N3O2S. The van der Waals surface area contributed by atoms with Crippen molar-refractivity contribution in [1.29, 1.82) is 0 Å². The van der Waals surface area contributed by atoms with E-state index in [2.05, 4.69) is 17.1 Å². The van der Waals surface area contributed by atoms with Gasteiger partial charge in [0.15, 0.2) is 0 Å². The molecule has 9 heteroatoms. The average molecular weight is 427 g/mol. The Labute approximate surface area is 171 Å². The molecule has 0 bridgehead atoms. The number of rotatable bonds is 6. The summed E-state index contributed by atoms with van der Waals surface area (Å²) in [4.78, 5) is 27.7. The van der Waals surface area contributed by atoms with Crippen molar-refractivity contribution in [2.75, 3.05) is 19.6 Å². The molecule has 0 radical (unpaired) electrons. The molecule has 2 aromatic rings. The molecular weight excluding hydrogens is 403 g/mol. The van der Waals surface area contributed by atoms with Crippen LogP contribution in [-0.4, -0.2) is 35.0 Å². The van der Waals surface area contributed by atoms with Crippen molar-refractivity contribution < 1.29 is 18.0 Å². The topological polar surface area (TPSA) is 54.3 Å². The molecule has 158 valence electrons. The third-order valence-electron chi connectivity index (χ3n) is 5.25. The number of alkyl halides is 3. The lowest BCUT2D eigenvalue weighted by Crippen LogP contribution is -2.42. The van der Waals surface area contributed by atoms with E-state index >= 15 is 0 Å². The SMILES string of the molecule is CC1CCN(C(CNC(=O)Cn2cc(C(F)(F)F)ccc2=O)c2cccs2)CC1. The fourth-order valence-electron chi connectivity index (χ4n) is 3.47. The van der Waals surface area contributed by atoms with E-state index in [0.29, 0.717) is 18.7 Å². The summed E-state index contributed by atoms with van der Waals surface area (Å²) in [6.07, 6.45) is -1.70. The van der Waals surface area contributed by atoms with Gasteiger partial charge in [0.2, 0.25) is 5.91 Å². The number of thiophene rings is 1. The first kappa shape index (κ1) is 21.6. The first-order valence-corrected chi connectivity index (χ1v) is 10.4. The smallest absolute Gasteiger partial charge is 0.353 e. The van der Waals surface area contributed by atoms with Gasteiger partial charge in [-0.2, -0.15) is 13.2 Å². The highest BCUT2D eigenvalue weighted by molar-refractivity contribution is 7.10. The van der Waals surface area contributed by atoms with Gasteiger partial charge >= 0.3 is 6.18 Å². The van der Waals surface area contributed by atoms with Gasteiger partial charge in [0, 0.05) is 23.7 Å². The zero-order chi connectivity index (χ0) is 21.0. The van der Waals surface area contributed by atoms with E-state index in [1.807, 2.05) is 17.5 Å². The number of nitrogens with zero attached hydrogens (tertiary/aromatic N) is 2. The number of likely N-dealkylation sites (tertiary alicyclic amines) is 1. The second-order valence-electron chi connectivity index (χ2n) is 7.44. The molecule has 0 spiro atoms. The van der Waals surface area contributed by atoms with Crippen LogP contribution in [-0.2, 0) is 17.5 Å². The summed E-state index contributed by atoms with van der Waals surface area (Å²) in [7, 11) is 0. The summed E-state index contributed by atoms with van der Waals surface area (Å²) < 4.78 is 39.4. The molecule has 1 saturated heterocycles. The number of carbonyl (C=O) groups excluding carboxylic acids is 1. The van der Waals surface area contributed by atoms with Crippen LogP contribution in [0.2, 0.25) is 0 Å². The number of halogens is 3. The predicted molar refractivity (Wildman–Crippen MR) is 106 cm³/mol. The molecule has 0 saturated carbocycles. The number of aromatic nitrogens is 1. The molecule has 1 amide bonds. The summed E-state index contributed by atoms with van der Waals surface area (Å²) in [6.45, 7) is 4.00. The monoisotopic (exact) mass is 427 g/mol. The number of hydrogen-bond donors (Lipinski definition) is 1. The Morgan fingerprint density at radius 3 is 2.62 bits per heavy atom. The Kier molecular flexibility index (Phi) is 6.79. The van der Waals surface area contributed by atoms with Crippen LogP contribution in [0.15, 0.2) is 40.6 Å². The molecule has 0 aliphatic carbocycles. The number of carbonyl (C=O) groups is 1. The van der Waals surface area contributed by atoms with Gasteiger partial charge in [0.05, 0.1) is 11.6 Å². The largest absolute Gasteiger partial charge is 0.417 e. The predicted octanol–water partition coefficient (Wildman–Crippen LogP) is 3.52. The minimum atomic E-state index is -4.57. The van der Waals surface area contributed by atoms with E-state index in [1.165, 1.54) is 0 Å². The molecule has 1 unspecified atom stereocenters. The fraction of sp³-hybridized carbons (Fsp3) is 0.500. The van der Waals surface area contributed by atoms with Crippen LogP contribution in [0.1, 0.15) is 36.2 Å². The van der Waals surface area contributed by atoms with E-state index in [-0.39, 0.29) is 6.04 Å². The van der Waals surface area contributed by atoms with Crippen LogP contribution < -0.4 is 10.9 Å². The van der Waals surface area contributed by atoms with Crippen molar-refractivity contribution in [3.8, 4) is 0 Å². The summed E-state index contributed by atoms with van der Waals surface area (Å²) >= 11 is 1.62. The summed E-state index contributed by atoms with van der Waals surface area (Å²) in [5, 5.41) is 4.78. The fourth-order valence-corrected chi connectivity index (χ4v) is 4.34. The average Bonchev–Trinajstić information content (AvgIpc) is 3.18. The van der Waals surface area contributed by atoms with Crippen molar-refractivity contribution in [2.24, 2.45) is 5.92 Å². The van der Waals surface area contributed by atoms with E-state index in [0.717, 1.165) is 47.5 Å². The lowest BCUT2D eigenvalue weighted by molar-refractivity contribution is -0.138. The Bertz CT molecular complexity index is 872. The van der Waals surface area contributed by atoms with Gasteiger partial charge in [-0.3, -0.25) is 14.5 Å². The molecule has 1 aliphatic rings. The van der Waals surface area contributed by atoms with Gasteiger partial charge in [-0.05, 0) is 49.4 Å². The molecule has 1 aliphatic heterocycles. The van der Waals surface area contributed by atoms with Crippen molar-refractivity contribution >= 4 is 17.2 Å². The van der Waals surface area contributed by atoms with Crippen LogP contribution in [0.4, 0.5) is 13.2 Å². The highest BCUT2D eigenvalue weighted by Crippen LogP contribution is 2.29.